The predicted molar refractivity (Wildman–Crippen MR) is 62.4 cm³/mol. The van der Waals surface area contributed by atoms with Crippen molar-refractivity contribution in [3.63, 3.8) is 0 Å². The monoisotopic (exact) mass is 390 g/mol. The molecule has 0 bridgehead atoms. The standard InChI is InChI=1S/C12H5F11S/c13-7(8(14)24-6-4-2-1-3-5-6)9(15,16)10(17,18)11(19,20)12(21,22)23/h1-5H. The number of hydrogen-bond donors (Lipinski definition) is 0. The molecule has 0 saturated carbocycles. The molecule has 0 unspecified atom stereocenters. The number of rotatable bonds is 5. The lowest BCUT2D eigenvalue weighted by Gasteiger charge is -2.32. The largest absolute Gasteiger partial charge is 0.460 e. The van der Waals surface area contributed by atoms with Gasteiger partial charge < -0.3 is 0 Å². The fraction of sp³-hybridized carbons (Fsp3) is 0.333. The summed E-state index contributed by atoms with van der Waals surface area (Å²) >= 11 is -0.489. The highest BCUT2D eigenvalue weighted by atomic mass is 32.2. The summed E-state index contributed by atoms with van der Waals surface area (Å²) in [4.78, 5) is -0.285. The molecule has 24 heavy (non-hydrogen) atoms. The fourth-order valence-electron chi connectivity index (χ4n) is 1.27. The Bertz CT molecular complexity index is 603. The molecule has 1 aromatic rings. The first-order chi connectivity index (χ1) is 10.7. The second kappa shape index (κ2) is 6.45. The van der Waals surface area contributed by atoms with Crippen LogP contribution in [0.1, 0.15) is 0 Å². The molecule has 0 radical (unpaired) electrons. The summed E-state index contributed by atoms with van der Waals surface area (Å²) in [7, 11) is 0. The quantitative estimate of drug-likeness (QED) is 0.417. The van der Waals surface area contributed by atoms with Crippen LogP contribution >= 0.6 is 11.8 Å². The van der Waals surface area contributed by atoms with E-state index in [1.54, 1.807) is 0 Å². The summed E-state index contributed by atoms with van der Waals surface area (Å²) in [6, 6.07) is 5.86. The van der Waals surface area contributed by atoms with Crippen molar-refractivity contribution in [2.45, 2.75) is 28.8 Å². The van der Waals surface area contributed by atoms with Crippen molar-refractivity contribution < 1.29 is 48.3 Å². The highest BCUT2D eigenvalue weighted by Crippen LogP contribution is 2.56. The van der Waals surface area contributed by atoms with Gasteiger partial charge in [0.2, 0.25) is 5.83 Å². The van der Waals surface area contributed by atoms with Gasteiger partial charge in [-0.25, -0.2) is 4.39 Å². The Morgan fingerprint density at radius 3 is 1.58 bits per heavy atom. The minimum Gasteiger partial charge on any atom is -0.201 e. The van der Waals surface area contributed by atoms with Gasteiger partial charge in [-0.3, -0.25) is 0 Å². The van der Waals surface area contributed by atoms with Gasteiger partial charge in [-0.05, 0) is 12.1 Å². The molecule has 0 N–H and O–H groups in total. The third kappa shape index (κ3) is 3.47. The van der Waals surface area contributed by atoms with Gasteiger partial charge in [-0.2, -0.15) is 43.9 Å². The lowest BCUT2D eigenvalue weighted by molar-refractivity contribution is -0.391. The van der Waals surface area contributed by atoms with Gasteiger partial charge in [0.25, 0.3) is 0 Å². The molecule has 12 heteroatoms. The molecule has 1 rings (SSSR count). The SMILES string of the molecule is FC(Sc1ccccc1)=C(F)C(F)(F)C(F)(F)C(F)(F)C(F)(F)F. The van der Waals surface area contributed by atoms with Crippen LogP contribution in [0.25, 0.3) is 0 Å². The summed E-state index contributed by atoms with van der Waals surface area (Å²) < 4.78 is 140. The molecule has 0 aromatic heterocycles. The number of benzene rings is 1. The van der Waals surface area contributed by atoms with Crippen molar-refractivity contribution >= 4 is 11.8 Å². The smallest absolute Gasteiger partial charge is 0.201 e. The lowest BCUT2D eigenvalue weighted by Crippen LogP contribution is -2.61. The first-order valence-corrected chi connectivity index (χ1v) is 6.46. The summed E-state index contributed by atoms with van der Waals surface area (Å²) in [5.74, 6) is -25.0. The Morgan fingerprint density at radius 2 is 1.17 bits per heavy atom. The first kappa shape index (κ1) is 20.6. The molecular weight excluding hydrogens is 385 g/mol. The van der Waals surface area contributed by atoms with E-state index in [-0.39, 0.29) is 4.90 Å². The zero-order valence-electron chi connectivity index (χ0n) is 11.0. The Labute approximate surface area is 131 Å². The molecule has 1 aromatic carbocycles. The Balaban J connectivity index is 3.28. The topological polar surface area (TPSA) is 0 Å². The zero-order chi connectivity index (χ0) is 19.0. The fourth-order valence-corrected chi connectivity index (χ4v) is 1.99. The Morgan fingerprint density at radius 1 is 0.708 bits per heavy atom. The molecule has 136 valence electrons. The number of alkyl halides is 9. The molecule has 0 atom stereocenters. The van der Waals surface area contributed by atoms with Crippen molar-refractivity contribution in [2.75, 3.05) is 0 Å². The van der Waals surface area contributed by atoms with E-state index >= 15 is 0 Å². The normalized spacial score (nSPS) is 15.3. The molecule has 0 aliphatic rings. The van der Waals surface area contributed by atoms with E-state index in [0.717, 1.165) is 12.1 Å². The molecule has 0 amide bonds. The summed E-state index contributed by atoms with van der Waals surface area (Å²) in [6.45, 7) is 0. The zero-order valence-corrected chi connectivity index (χ0v) is 11.8. The van der Waals surface area contributed by atoms with Crippen molar-refractivity contribution in [3.05, 3.63) is 41.3 Å². The highest BCUT2D eigenvalue weighted by molar-refractivity contribution is 8.02. The third-order valence-electron chi connectivity index (χ3n) is 2.54. The molecule has 0 spiro atoms. The van der Waals surface area contributed by atoms with Crippen LogP contribution in [-0.2, 0) is 0 Å². The van der Waals surface area contributed by atoms with Crippen molar-refractivity contribution in [3.8, 4) is 0 Å². The number of hydrogen-bond acceptors (Lipinski definition) is 1. The number of thioether (sulfide) groups is 1. The molecule has 0 heterocycles. The number of allylic oxidation sites excluding steroid dienone is 1. The van der Waals surface area contributed by atoms with Crippen LogP contribution in [-0.4, -0.2) is 23.9 Å². The molecule has 0 aliphatic carbocycles. The average molecular weight is 390 g/mol. The van der Waals surface area contributed by atoms with Gasteiger partial charge in [-0.1, -0.05) is 30.0 Å². The Kier molecular flexibility index (Phi) is 5.53. The van der Waals surface area contributed by atoms with Gasteiger partial charge in [0.1, 0.15) is 0 Å². The van der Waals surface area contributed by atoms with E-state index in [2.05, 4.69) is 0 Å². The maximum atomic E-state index is 13.3. The molecule has 0 fully saturated rings. The van der Waals surface area contributed by atoms with E-state index in [4.69, 9.17) is 0 Å². The van der Waals surface area contributed by atoms with E-state index in [1.807, 2.05) is 0 Å². The first-order valence-electron chi connectivity index (χ1n) is 5.65. The van der Waals surface area contributed by atoms with Crippen LogP contribution in [0.15, 0.2) is 46.2 Å². The van der Waals surface area contributed by atoms with Crippen LogP contribution in [0.4, 0.5) is 48.3 Å². The van der Waals surface area contributed by atoms with Gasteiger partial charge in [-0.15, -0.1) is 0 Å². The second-order valence-corrected chi connectivity index (χ2v) is 5.26. The van der Waals surface area contributed by atoms with Gasteiger partial charge in [0.05, 0.1) is 0 Å². The van der Waals surface area contributed by atoms with Crippen LogP contribution in [0, 0.1) is 0 Å². The van der Waals surface area contributed by atoms with Crippen molar-refractivity contribution in [2.24, 2.45) is 0 Å². The van der Waals surface area contributed by atoms with E-state index in [0.29, 0.717) is 0 Å². The van der Waals surface area contributed by atoms with Crippen LogP contribution in [0.2, 0.25) is 0 Å². The highest BCUT2D eigenvalue weighted by Gasteiger charge is 2.83. The summed E-state index contributed by atoms with van der Waals surface area (Å²) in [5.41, 5.74) is 0. The van der Waals surface area contributed by atoms with Gasteiger partial charge in [0.15, 0.2) is 5.16 Å². The van der Waals surface area contributed by atoms with Crippen LogP contribution in [0.5, 0.6) is 0 Å². The average Bonchev–Trinajstić information content (AvgIpc) is 2.45. The molecule has 0 saturated heterocycles. The van der Waals surface area contributed by atoms with E-state index in [9.17, 15) is 48.3 Å². The lowest BCUT2D eigenvalue weighted by atomic mass is 10.0. The van der Waals surface area contributed by atoms with Crippen LogP contribution in [0.3, 0.4) is 0 Å². The summed E-state index contributed by atoms with van der Waals surface area (Å²) in [5, 5.41) is -2.68. The van der Waals surface area contributed by atoms with Gasteiger partial charge in [0, 0.05) is 4.90 Å². The van der Waals surface area contributed by atoms with E-state index in [1.165, 1.54) is 18.2 Å². The van der Waals surface area contributed by atoms with Crippen molar-refractivity contribution in [1.29, 1.82) is 0 Å². The minimum atomic E-state index is -7.29. The second-order valence-electron chi connectivity index (χ2n) is 4.22. The minimum absolute atomic E-state index is 0.285. The molecule has 0 nitrogen and oxygen atoms in total. The predicted octanol–water partition coefficient (Wildman–Crippen LogP) is 6.36. The maximum absolute atomic E-state index is 13.3. The third-order valence-corrected chi connectivity index (χ3v) is 3.41. The van der Waals surface area contributed by atoms with Crippen LogP contribution < -0.4 is 0 Å². The Hall–Kier alpha value is -1.46. The molecular formula is C12H5F11S. The number of halogens is 11. The van der Waals surface area contributed by atoms with Gasteiger partial charge >= 0.3 is 23.9 Å². The van der Waals surface area contributed by atoms with E-state index < -0.39 is 46.7 Å². The maximum Gasteiger partial charge on any atom is 0.460 e. The molecule has 0 aliphatic heterocycles. The summed E-state index contributed by atoms with van der Waals surface area (Å²) in [6.07, 6.45) is -7.11. The van der Waals surface area contributed by atoms with Crippen molar-refractivity contribution in [1.82, 2.24) is 0 Å².